The van der Waals surface area contributed by atoms with Crippen molar-refractivity contribution in [2.75, 3.05) is 72.2 Å². The van der Waals surface area contributed by atoms with Crippen molar-refractivity contribution in [3.05, 3.63) is 82.4 Å². The van der Waals surface area contributed by atoms with Crippen LogP contribution in [0.3, 0.4) is 0 Å². The van der Waals surface area contributed by atoms with Crippen molar-refractivity contribution in [3.63, 3.8) is 0 Å². The zero-order chi connectivity index (χ0) is 71.2. The number of hydrogen-bond donors (Lipinski definition) is 16. The molecule has 2 aliphatic rings. The minimum atomic E-state index is -1.42. The van der Waals surface area contributed by atoms with E-state index in [0.717, 1.165) is 12.8 Å². The fraction of sp³-hybridized carbons (Fsp3) is 0.609. The number of nitrogens with one attached hydrogen (secondary N) is 7. The molecule has 0 bridgehead atoms. The maximum atomic E-state index is 14.6. The number of amides is 7. The quantitative estimate of drug-likeness (QED) is 0.0219. The van der Waals surface area contributed by atoms with E-state index in [0.29, 0.717) is 169 Å². The van der Waals surface area contributed by atoms with Crippen LogP contribution in [0.2, 0.25) is 0 Å². The fourth-order valence-corrected chi connectivity index (χ4v) is 12.0. The van der Waals surface area contributed by atoms with Gasteiger partial charge in [-0.1, -0.05) is 101 Å². The molecule has 3 aromatic rings. The third-order valence-electron chi connectivity index (χ3n) is 17.2. The molecule has 0 aromatic heterocycles. The van der Waals surface area contributed by atoms with Crippen LogP contribution in [-0.2, 0) is 53.4 Å². The molecule has 6 atom stereocenters. The van der Waals surface area contributed by atoms with Crippen LogP contribution in [0.15, 0.2) is 54.6 Å². The van der Waals surface area contributed by atoms with Crippen molar-refractivity contribution in [3.8, 4) is 23.0 Å². The zero-order valence-corrected chi connectivity index (χ0v) is 57.5. The monoisotopic (exact) mass is 1390 g/mol. The molecule has 28 nitrogen and oxygen atoms in total. The van der Waals surface area contributed by atoms with E-state index >= 15 is 0 Å². The highest BCUT2D eigenvalue weighted by Crippen LogP contribution is 2.57. The molecule has 0 aliphatic carbocycles. The molecular weight excluding hydrogens is 1280 g/mol. The Morgan fingerprint density at radius 1 is 0.449 bits per heavy atom. The summed E-state index contributed by atoms with van der Waals surface area (Å²) >= 11 is 5.70. The van der Waals surface area contributed by atoms with Crippen LogP contribution in [0.25, 0.3) is 0 Å². The molecule has 98 heavy (non-hydrogen) atoms. The molecule has 23 N–H and O–H groups in total. The number of carbonyl (C=O) groups excluding carboxylic acids is 8. The number of unbranched alkanes of at least 4 members (excludes halogenated alkanes) is 12. The number of esters is 1. The molecule has 0 radical (unpaired) electrons. The molecule has 6 unspecified atom stereocenters. The summed E-state index contributed by atoms with van der Waals surface area (Å²) < 4.78 is 23.6. The van der Waals surface area contributed by atoms with Gasteiger partial charge in [0.15, 0.2) is 5.60 Å². The molecule has 29 heteroatoms. The van der Waals surface area contributed by atoms with Gasteiger partial charge < -0.3 is 107 Å². The van der Waals surface area contributed by atoms with Crippen molar-refractivity contribution in [1.29, 1.82) is 0 Å². The summed E-state index contributed by atoms with van der Waals surface area (Å²) in [6.45, 7) is 2.73. The first-order valence-corrected chi connectivity index (χ1v) is 35.2. The Bertz CT molecular complexity index is 3000. The van der Waals surface area contributed by atoms with Crippen molar-refractivity contribution >= 4 is 64.5 Å². The highest BCUT2D eigenvalue weighted by molar-refractivity contribution is 7.80. The van der Waals surface area contributed by atoms with Gasteiger partial charge >= 0.3 is 5.97 Å². The second-order valence-electron chi connectivity index (χ2n) is 24.9. The van der Waals surface area contributed by atoms with Gasteiger partial charge in [-0.15, -0.1) is 0 Å². The van der Waals surface area contributed by atoms with Gasteiger partial charge in [0.2, 0.25) is 41.4 Å². The lowest BCUT2D eigenvalue weighted by Crippen LogP contribution is -2.59. The Morgan fingerprint density at radius 3 is 1.19 bits per heavy atom. The molecule has 3 aromatic carbocycles. The number of thiocarbonyl (C=S) groups is 1. The first kappa shape index (κ1) is 81.1. The predicted octanol–water partition coefficient (Wildman–Crippen LogP) is 2.47. The molecule has 544 valence electrons. The number of ether oxygens (including phenoxy) is 4. The standard InChI is InChI=1S/C69H108N14O14S/c70-31-13-1-7-19-52(61(76)87)79-63(89)54(21-9-3-15-33-72)81-65(91)56(23-11-5-17-35-74)83-66(92)57(24-12-6-18-36-75)82-64(90)55(22-10-4-16-34-73)80-62(88)53(20-8-2-14-32-71)78-60(86)44-95-40-39-94-38-37-77-67(98)45-25-28-49-48(41-45)68(93)97-69(49)50-29-26-46(84)42-58(50)96-59-43-47(85)27-30-51(59)69/h25-30,41-43,52-57,84-85H,1-24,31-40,44,70-75H2,(H2,76,87)(H,77,98)(H,78,86)(H,79,89)(H,80,88)(H,81,91)(H,82,90)(H,83,92). The lowest BCUT2D eigenvalue weighted by molar-refractivity contribution is -0.136. The third-order valence-corrected chi connectivity index (χ3v) is 17.6. The Morgan fingerprint density at radius 2 is 0.806 bits per heavy atom. The molecular formula is C69H108N14O14S. The Balaban J connectivity index is 1.20. The van der Waals surface area contributed by atoms with Crippen LogP contribution in [0.5, 0.6) is 23.0 Å². The Labute approximate surface area is 580 Å². The molecule has 2 aliphatic heterocycles. The molecule has 1 spiro atoms. The van der Waals surface area contributed by atoms with Crippen LogP contribution >= 0.6 is 12.2 Å². The molecule has 0 fully saturated rings. The van der Waals surface area contributed by atoms with Gasteiger partial charge in [-0.2, -0.15) is 0 Å². The largest absolute Gasteiger partial charge is 0.508 e. The maximum absolute atomic E-state index is 14.6. The highest BCUT2D eigenvalue weighted by Gasteiger charge is 2.54. The molecule has 5 rings (SSSR count). The lowest BCUT2D eigenvalue weighted by atomic mass is 9.77. The van der Waals surface area contributed by atoms with E-state index in [1.54, 1.807) is 30.3 Å². The van der Waals surface area contributed by atoms with Gasteiger partial charge in [0.05, 0.1) is 25.4 Å². The highest BCUT2D eigenvalue weighted by atomic mass is 32.1. The minimum absolute atomic E-state index is 0.0186. The van der Waals surface area contributed by atoms with E-state index in [1.807, 2.05) is 0 Å². The van der Waals surface area contributed by atoms with Gasteiger partial charge in [0.1, 0.15) is 70.8 Å². The average molecular weight is 1390 g/mol. The first-order valence-electron chi connectivity index (χ1n) is 34.8. The SMILES string of the molecule is NCCCCCC(NC(=O)C(CCCCCN)NC(=O)C(CCCCCN)NC(=O)C(CCCCCN)NC(=O)C(CCCCCN)NC(=O)C(CCCCCN)NC(=O)COCCOCCNC(=S)c1ccc2c(c1)C(=O)OC21c2ccc(O)cc2Oc2cc(O)ccc21)C(N)=O. The minimum Gasteiger partial charge on any atom is -0.508 e. The predicted molar refractivity (Wildman–Crippen MR) is 375 cm³/mol. The molecule has 0 saturated carbocycles. The number of fused-ring (bicyclic) bond motifs is 6. The average Bonchev–Trinajstić information content (AvgIpc) is 1.48. The van der Waals surface area contributed by atoms with Crippen LogP contribution in [0, 0.1) is 0 Å². The van der Waals surface area contributed by atoms with Crippen LogP contribution in [0.1, 0.15) is 187 Å². The van der Waals surface area contributed by atoms with Gasteiger partial charge in [-0.3, -0.25) is 33.6 Å². The summed E-state index contributed by atoms with van der Waals surface area (Å²) in [5, 5.41) is 40.6. The number of primary amides is 1. The van der Waals surface area contributed by atoms with E-state index in [2.05, 4.69) is 37.2 Å². The number of hydrogen-bond acceptors (Lipinski definition) is 21. The van der Waals surface area contributed by atoms with E-state index < -0.39 is 95.8 Å². The van der Waals surface area contributed by atoms with Gasteiger partial charge in [0.25, 0.3) is 0 Å². The van der Waals surface area contributed by atoms with Crippen molar-refractivity contribution in [2.24, 2.45) is 40.1 Å². The van der Waals surface area contributed by atoms with E-state index in [1.165, 1.54) is 24.3 Å². The van der Waals surface area contributed by atoms with E-state index in [9.17, 15) is 48.6 Å². The summed E-state index contributed by atoms with van der Waals surface area (Å²) in [6, 6.07) is 7.53. The van der Waals surface area contributed by atoms with Crippen molar-refractivity contribution in [2.45, 2.75) is 196 Å². The lowest BCUT2D eigenvalue weighted by Gasteiger charge is -2.36. The second-order valence-corrected chi connectivity index (χ2v) is 25.3. The Hall–Kier alpha value is -7.61. The molecule has 0 saturated heterocycles. The molecule has 7 amide bonds. The van der Waals surface area contributed by atoms with Crippen LogP contribution < -0.4 is 82.1 Å². The van der Waals surface area contributed by atoms with E-state index in [4.69, 9.17) is 71.3 Å². The van der Waals surface area contributed by atoms with Crippen molar-refractivity contribution < 1.29 is 67.5 Å². The second kappa shape index (κ2) is 44.4. The maximum Gasteiger partial charge on any atom is 0.340 e. The normalized spacial score (nSPS) is 14.4. The number of rotatable bonds is 51. The van der Waals surface area contributed by atoms with Crippen LogP contribution in [-0.4, -0.2) is 171 Å². The fourth-order valence-electron chi connectivity index (χ4n) is 11.8. The number of nitrogens with two attached hydrogens (primary N) is 7. The number of aromatic hydroxyl groups is 2. The van der Waals surface area contributed by atoms with Gasteiger partial charge in [-0.05, 0) is 147 Å². The Kier molecular flexibility index (Phi) is 36.7. The summed E-state index contributed by atoms with van der Waals surface area (Å²) in [5.74, 6) is -4.71. The van der Waals surface area contributed by atoms with E-state index in [-0.39, 0.29) is 93.5 Å². The zero-order valence-electron chi connectivity index (χ0n) is 56.7. The number of carbonyl (C=O) groups is 8. The smallest absolute Gasteiger partial charge is 0.340 e. The topological polar surface area (TPSA) is 480 Å². The number of benzene rings is 3. The summed E-state index contributed by atoms with van der Waals surface area (Å²) in [4.78, 5) is 112. The number of phenolic OH excluding ortho intramolecular Hbond substituents is 2. The molecule has 2 heterocycles. The van der Waals surface area contributed by atoms with Crippen LogP contribution in [0.4, 0.5) is 0 Å². The van der Waals surface area contributed by atoms with Crippen molar-refractivity contribution in [1.82, 2.24) is 37.2 Å². The van der Waals surface area contributed by atoms with Gasteiger partial charge in [0, 0.05) is 40.9 Å². The van der Waals surface area contributed by atoms with Gasteiger partial charge in [-0.25, -0.2) is 4.79 Å². The third kappa shape index (κ3) is 25.9. The first-order chi connectivity index (χ1) is 47.3. The summed E-state index contributed by atoms with van der Waals surface area (Å²) in [7, 11) is 0. The number of phenols is 2. The summed E-state index contributed by atoms with van der Waals surface area (Å²) in [5.41, 5.74) is 41.3. The summed E-state index contributed by atoms with van der Waals surface area (Å²) in [6.07, 6.45) is 12.3.